The molecule has 2 atom stereocenters. The fraction of sp³-hybridized carbons (Fsp3) is 0.208. The zero-order valence-electron chi connectivity index (χ0n) is 17.3. The molecule has 2 aromatic carbocycles. The molecule has 6 nitrogen and oxygen atoms in total. The lowest BCUT2D eigenvalue weighted by atomic mass is 9.82. The van der Waals surface area contributed by atoms with Crippen LogP contribution in [0.4, 0.5) is 5.69 Å². The number of ether oxygens (including phenoxy) is 1. The second kappa shape index (κ2) is 8.07. The van der Waals surface area contributed by atoms with Gasteiger partial charge in [-0.05, 0) is 43.3 Å². The number of allylic oxidation sites excluding steroid dienone is 1. The van der Waals surface area contributed by atoms with E-state index in [0.29, 0.717) is 17.1 Å². The smallest absolute Gasteiger partial charge is 0.270 e. The number of furan rings is 1. The topological polar surface area (TPSA) is 76.8 Å². The van der Waals surface area contributed by atoms with Gasteiger partial charge in [-0.3, -0.25) is 4.79 Å². The number of anilines is 1. The van der Waals surface area contributed by atoms with Gasteiger partial charge in [-0.1, -0.05) is 29.8 Å². The van der Waals surface area contributed by atoms with Gasteiger partial charge in [0.15, 0.2) is 0 Å². The first-order chi connectivity index (χ1) is 14.9. The van der Waals surface area contributed by atoms with Crippen LogP contribution in [-0.4, -0.2) is 21.4 Å². The lowest BCUT2D eigenvalue weighted by Crippen LogP contribution is -2.37. The van der Waals surface area contributed by atoms with Gasteiger partial charge in [-0.25, -0.2) is 12.7 Å². The minimum atomic E-state index is -4.15. The summed E-state index contributed by atoms with van der Waals surface area (Å²) in [6.45, 7) is 5.84. The van der Waals surface area contributed by atoms with Gasteiger partial charge in [0, 0.05) is 23.8 Å². The van der Waals surface area contributed by atoms with Gasteiger partial charge < -0.3 is 9.15 Å². The number of rotatable bonds is 5. The van der Waals surface area contributed by atoms with Crippen LogP contribution < -0.4 is 9.04 Å². The molecule has 1 amide bonds. The first-order valence-corrected chi connectivity index (χ1v) is 11.3. The summed E-state index contributed by atoms with van der Waals surface area (Å²) in [6.07, 6.45) is 3.19. The average Bonchev–Trinajstić information content (AvgIpc) is 3.25. The normalized spacial score (nSPS) is 18.9. The summed E-state index contributed by atoms with van der Waals surface area (Å²) >= 11 is 0. The summed E-state index contributed by atoms with van der Waals surface area (Å²) in [6, 6.07) is 15.0. The van der Waals surface area contributed by atoms with E-state index < -0.39 is 21.8 Å². The molecule has 31 heavy (non-hydrogen) atoms. The minimum absolute atomic E-state index is 0.0480. The van der Waals surface area contributed by atoms with Crippen LogP contribution in [0.2, 0.25) is 0 Å². The molecule has 2 heterocycles. The molecule has 0 saturated heterocycles. The highest BCUT2D eigenvalue weighted by atomic mass is 32.2. The quantitative estimate of drug-likeness (QED) is 0.537. The number of carbonyl (C=O) groups is 1. The number of sulfonamides is 1. The Morgan fingerprint density at radius 1 is 1.13 bits per heavy atom. The molecule has 1 aliphatic heterocycles. The lowest BCUT2D eigenvalue weighted by Gasteiger charge is -2.25. The van der Waals surface area contributed by atoms with E-state index in [1.165, 1.54) is 25.5 Å². The second-order valence-electron chi connectivity index (χ2n) is 7.46. The van der Waals surface area contributed by atoms with Crippen molar-refractivity contribution in [2.24, 2.45) is 0 Å². The summed E-state index contributed by atoms with van der Waals surface area (Å²) < 4.78 is 39.3. The van der Waals surface area contributed by atoms with E-state index in [4.69, 9.17) is 9.15 Å². The summed E-state index contributed by atoms with van der Waals surface area (Å²) in [4.78, 5) is 13.5. The van der Waals surface area contributed by atoms with Gasteiger partial charge in [-0.2, -0.15) is 0 Å². The Kier molecular flexibility index (Phi) is 5.45. The van der Waals surface area contributed by atoms with Crippen LogP contribution in [0.1, 0.15) is 35.1 Å². The van der Waals surface area contributed by atoms with Crippen molar-refractivity contribution in [3.63, 3.8) is 0 Å². The van der Waals surface area contributed by atoms with Gasteiger partial charge in [0.25, 0.3) is 10.0 Å². The minimum Gasteiger partial charge on any atom is -0.496 e. The SMILES string of the molecule is C=C[C@H]1c2c(OC)cccc2N(S(=O)(=O)c2ccc(C)cc2)C(=O)C[C@@H]1c1ccco1. The summed E-state index contributed by atoms with van der Waals surface area (Å²) in [5.41, 5.74) is 1.78. The predicted octanol–water partition coefficient (Wildman–Crippen LogP) is 4.78. The lowest BCUT2D eigenvalue weighted by molar-refractivity contribution is -0.117. The third-order valence-corrected chi connectivity index (χ3v) is 7.34. The molecule has 0 spiro atoms. The van der Waals surface area contributed by atoms with Crippen LogP contribution in [0.3, 0.4) is 0 Å². The highest BCUT2D eigenvalue weighted by molar-refractivity contribution is 7.93. The van der Waals surface area contributed by atoms with Crippen LogP contribution >= 0.6 is 0 Å². The number of aryl methyl sites for hydroxylation is 1. The number of carbonyl (C=O) groups excluding carboxylic acids is 1. The van der Waals surface area contributed by atoms with Gasteiger partial charge in [0.2, 0.25) is 5.91 Å². The number of methoxy groups -OCH3 is 1. The molecule has 1 aromatic heterocycles. The molecule has 160 valence electrons. The van der Waals surface area contributed by atoms with E-state index in [1.54, 1.807) is 48.5 Å². The van der Waals surface area contributed by atoms with Crippen molar-refractivity contribution in [2.45, 2.75) is 30.1 Å². The number of fused-ring (bicyclic) bond motifs is 1. The zero-order chi connectivity index (χ0) is 22.2. The van der Waals surface area contributed by atoms with Crippen molar-refractivity contribution in [3.8, 4) is 5.75 Å². The van der Waals surface area contributed by atoms with Crippen LogP contribution in [0, 0.1) is 6.92 Å². The van der Waals surface area contributed by atoms with Crippen LogP contribution in [0.15, 0.2) is 82.8 Å². The van der Waals surface area contributed by atoms with Crippen molar-refractivity contribution in [1.29, 1.82) is 0 Å². The van der Waals surface area contributed by atoms with Crippen LogP contribution in [-0.2, 0) is 14.8 Å². The van der Waals surface area contributed by atoms with E-state index in [2.05, 4.69) is 6.58 Å². The molecular weight excluding hydrogens is 414 g/mol. The Hall–Kier alpha value is -3.32. The summed E-state index contributed by atoms with van der Waals surface area (Å²) in [5, 5.41) is 0. The molecule has 7 heteroatoms. The Morgan fingerprint density at radius 3 is 2.48 bits per heavy atom. The third-order valence-electron chi connectivity index (χ3n) is 5.59. The Bertz CT molecular complexity index is 1210. The van der Waals surface area contributed by atoms with E-state index in [1.807, 2.05) is 6.92 Å². The number of benzene rings is 2. The van der Waals surface area contributed by atoms with Crippen molar-refractivity contribution in [2.75, 3.05) is 11.4 Å². The van der Waals surface area contributed by atoms with Crippen molar-refractivity contribution in [3.05, 3.63) is 90.4 Å². The van der Waals surface area contributed by atoms with Crippen molar-refractivity contribution >= 4 is 21.6 Å². The van der Waals surface area contributed by atoms with Gasteiger partial charge in [0.05, 0.1) is 24.0 Å². The summed E-state index contributed by atoms with van der Waals surface area (Å²) in [5.74, 6) is -0.281. The van der Waals surface area contributed by atoms with Crippen molar-refractivity contribution in [1.82, 2.24) is 0 Å². The second-order valence-corrected chi connectivity index (χ2v) is 9.24. The van der Waals surface area contributed by atoms with Crippen LogP contribution in [0.25, 0.3) is 0 Å². The molecule has 1 aliphatic rings. The van der Waals surface area contributed by atoms with Gasteiger partial charge >= 0.3 is 0 Å². The molecule has 4 rings (SSSR count). The molecule has 0 radical (unpaired) electrons. The fourth-order valence-electron chi connectivity index (χ4n) is 4.10. The van der Waals surface area contributed by atoms with E-state index >= 15 is 0 Å². The fourth-order valence-corrected chi connectivity index (χ4v) is 5.55. The highest BCUT2D eigenvalue weighted by Crippen LogP contribution is 2.49. The number of nitrogens with zero attached hydrogens (tertiary/aromatic N) is 1. The number of hydrogen-bond donors (Lipinski definition) is 0. The van der Waals surface area contributed by atoms with Crippen LogP contribution in [0.5, 0.6) is 5.75 Å². The van der Waals surface area contributed by atoms with E-state index in [0.717, 1.165) is 9.87 Å². The van der Waals surface area contributed by atoms with Gasteiger partial charge in [-0.15, -0.1) is 6.58 Å². The highest BCUT2D eigenvalue weighted by Gasteiger charge is 2.42. The third kappa shape index (κ3) is 3.55. The molecule has 0 bridgehead atoms. The van der Waals surface area contributed by atoms with E-state index in [-0.39, 0.29) is 22.9 Å². The first-order valence-electron chi connectivity index (χ1n) is 9.86. The molecule has 0 unspecified atom stereocenters. The van der Waals surface area contributed by atoms with Gasteiger partial charge in [0.1, 0.15) is 11.5 Å². The maximum Gasteiger partial charge on any atom is 0.270 e. The monoisotopic (exact) mass is 437 g/mol. The zero-order valence-corrected chi connectivity index (χ0v) is 18.1. The maximum atomic E-state index is 13.6. The number of amides is 1. The first kappa shape index (κ1) is 20.9. The largest absolute Gasteiger partial charge is 0.496 e. The van der Waals surface area contributed by atoms with Crippen molar-refractivity contribution < 1.29 is 22.4 Å². The number of hydrogen-bond acceptors (Lipinski definition) is 5. The Labute approximate surface area is 181 Å². The predicted molar refractivity (Wildman–Crippen MR) is 118 cm³/mol. The maximum absolute atomic E-state index is 13.6. The summed E-state index contributed by atoms with van der Waals surface area (Å²) in [7, 11) is -2.63. The Balaban J connectivity index is 1.97. The molecule has 0 aliphatic carbocycles. The molecular formula is C24H23NO5S. The standard InChI is InChI=1S/C24H23NO5S/c1-4-18-19(21-9-6-14-30-21)15-23(26)25(20-7-5-8-22(29-3)24(18)20)31(27,28)17-12-10-16(2)11-13-17/h4-14,18-19H,1,15H2,2-3H3/t18-,19+/m1/s1. The molecule has 0 N–H and O–H groups in total. The average molecular weight is 438 g/mol. The molecule has 3 aromatic rings. The molecule has 0 saturated carbocycles. The Morgan fingerprint density at radius 2 is 1.87 bits per heavy atom. The molecule has 0 fully saturated rings. The van der Waals surface area contributed by atoms with E-state index in [9.17, 15) is 13.2 Å².